The molecular weight excluding hydrogens is 394 g/mol. The van der Waals surface area contributed by atoms with E-state index >= 15 is 0 Å². The van der Waals surface area contributed by atoms with Crippen molar-refractivity contribution >= 4 is 17.4 Å². The van der Waals surface area contributed by atoms with Crippen LogP contribution in [0, 0.1) is 6.92 Å². The molecule has 31 heavy (non-hydrogen) atoms. The van der Waals surface area contributed by atoms with Crippen LogP contribution in [0.25, 0.3) is 5.76 Å². The molecular formula is C25H31NO5. The van der Waals surface area contributed by atoms with Gasteiger partial charge in [-0.05, 0) is 55.2 Å². The number of unbranched alkanes of at least 4 members (excludes halogenated alkanes) is 2. The number of rotatable bonds is 8. The SMILES string of the molecule is CCCCCN1C(=O)C(=O)/C(=C(\O)c2ccc(OC)c(C(C)C)c2)C1c1ccc(C)o1. The fourth-order valence-electron chi connectivity index (χ4n) is 4.03. The van der Waals surface area contributed by atoms with Crippen molar-refractivity contribution in [2.45, 2.75) is 58.9 Å². The Hall–Kier alpha value is -3.02. The predicted molar refractivity (Wildman–Crippen MR) is 119 cm³/mol. The molecule has 0 bridgehead atoms. The summed E-state index contributed by atoms with van der Waals surface area (Å²) in [6.45, 7) is 8.38. The first kappa shape index (κ1) is 22.7. The molecule has 1 aromatic heterocycles. The number of benzene rings is 1. The molecule has 0 spiro atoms. The van der Waals surface area contributed by atoms with Crippen molar-refractivity contribution in [1.29, 1.82) is 0 Å². The molecule has 1 unspecified atom stereocenters. The van der Waals surface area contributed by atoms with Crippen molar-refractivity contribution in [3.63, 3.8) is 0 Å². The number of ketones is 1. The smallest absolute Gasteiger partial charge is 0.295 e. The topological polar surface area (TPSA) is 80.0 Å². The zero-order valence-corrected chi connectivity index (χ0v) is 18.9. The minimum atomic E-state index is -0.741. The molecule has 6 heteroatoms. The van der Waals surface area contributed by atoms with Crippen molar-refractivity contribution in [3.8, 4) is 5.75 Å². The Morgan fingerprint density at radius 2 is 1.94 bits per heavy atom. The fourth-order valence-corrected chi connectivity index (χ4v) is 4.03. The van der Waals surface area contributed by atoms with Gasteiger partial charge in [-0.2, -0.15) is 0 Å². The molecule has 1 atom stereocenters. The number of methoxy groups -OCH3 is 1. The van der Waals surface area contributed by atoms with Gasteiger partial charge in [-0.1, -0.05) is 33.6 Å². The summed E-state index contributed by atoms with van der Waals surface area (Å²) in [6, 6.07) is 8.11. The Kier molecular flexibility index (Phi) is 6.88. The van der Waals surface area contributed by atoms with Crippen LogP contribution in [0.15, 0.2) is 40.3 Å². The van der Waals surface area contributed by atoms with Crippen molar-refractivity contribution in [3.05, 3.63) is 58.6 Å². The van der Waals surface area contributed by atoms with E-state index in [1.165, 1.54) is 4.90 Å². The summed E-state index contributed by atoms with van der Waals surface area (Å²) < 4.78 is 11.2. The third-order valence-electron chi connectivity index (χ3n) is 5.70. The standard InChI is InChI=1S/C25H31NO5/c1-6-7-8-13-26-22(20-11-9-16(4)31-20)21(24(28)25(26)29)23(27)17-10-12-19(30-5)18(14-17)15(2)3/h9-12,14-15,22,27H,6-8,13H2,1-5H3/b23-21-. The number of nitrogens with zero attached hydrogens (tertiary/aromatic N) is 1. The normalized spacial score (nSPS) is 18.3. The van der Waals surface area contributed by atoms with Crippen LogP contribution in [-0.2, 0) is 9.59 Å². The van der Waals surface area contributed by atoms with Gasteiger partial charge in [-0.15, -0.1) is 0 Å². The van der Waals surface area contributed by atoms with E-state index in [0.29, 0.717) is 29.4 Å². The molecule has 166 valence electrons. The first-order valence-electron chi connectivity index (χ1n) is 10.8. The summed E-state index contributed by atoms with van der Waals surface area (Å²) in [6.07, 6.45) is 2.72. The lowest BCUT2D eigenvalue weighted by molar-refractivity contribution is -0.140. The number of hydrogen-bond acceptors (Lipinski definition) is 5. The number of amides is 1. The van der Waals surface area contributed by atoms with Gasteiger partial charge in [0.2, 0.25) is 0 Å². The molecule has 6 nitrogen and oxygen atoms in total. The van der Waals surface area contributed by atoms with Crippen LogP contribution >= 0.6 is 0 Å². The molecule has 1 saturated heterocycles. The number of aliphatic hydroxyl groups excluding tert-OH is 1. The first-order valence-corrected chi connectivity index (χ1v) is 10.8. The lowest BCUT2D eigenvalue weighted by Gasteiger charge is -2.23. The maximum Gasteiger partial charge on any atom is 0.295 e. The van der Waals surface area contributed by atoms with E-state index in [9.17, 15) is 14.7 Å². The van der Waals surface area contributed by atoms with E-state index in [1.54, 1.807) is 31.4 Å². The van der Waals surface area contributed by atoms with Gasteiger partial charge in [0.1, 0.15) is 29.1 Å². The predicted octanol–water partition coefficient (Wildman–Crippen LogP) is 5.33. The van der Waals surface area contributed by atoms with Gasteiger partial charge in [0.15, 0.2) is 0 Å². The van der Waals surface area contributed by atoms with E-state index < -0.39 is 17.7 Å². The van der Waals surface area contributed by atoms with Gasteiger partial charge < -0.3 is 19.2 Å². The number of aliphatic hydroxyl groups is 1. The number of furan rings is 1. The lowest BCUT2D eigenvalue weighted by atomic mass is 9.95. The first-order chi connectivity index (χ1) is 14.8. The van der Waals surface area contributed by atoms with Gasteiger partial charge in [0, 0.05) is 12.1 Å². The second-order valence-electron chi connectivity index (χ2n) is 8.26. The lowest BCUT2D eigenvalue weighted by Crippen LogP contribution is -2.30. The zero-order chi connectivity index (χ0) is 22.7. The molecule has 0 saturated carbocycles. The molecule has 3 rings (SSSR count). The zero-order valence-electron chi connectivity index (χ0n) is 18.9. The number of aryl methyl sites for hydroxylation is 1. The fraction of sp³-hybridized carbons (Fsp3) is 0.440. The minimum absolute atomic E-state index is 0.0655. The number of hydrogen-bond donors (Lipinski definition) is 1. The highest BCUT2D eigenvalue weighted by Crippen LogP contribution is 2.41. The summed E-state index contributed by atoms with van der Waals surface area (Å²) in [4.78, 5) is 27.4. The van der Waals surface area contributed by atoms with E-state index in [0.717, 1.165) is 24.8 Å². The third-order valence-corrected chi connectivity index (χ3v) is 5.70. The second kappa shape index (κ2) is 9.41. The maximum absolute atomic E-state index is 13.0. The summed E-state index contributed by atoms with van der Waals surface area (Å²) in [5.41, 5.74) is 1.45. The second-order valence-corrected chi connectivity index (χ2v) is 8.26. The molecule has 1 N–H and O–H groups in total. The van der Waals surface area contributed by atoms with E-state index in [2.05, 4.69) is 6.92 Å². The maximum atomic E-state index is 13.0. The van der Waals surface area contributed by atoms with Gasteiger partial charge in [0.05, 0.1) is 12.7 Å². The minimum Gasteiger partial charge on any atom is -0.507 e. The van der Waals surface area contributed by atoms with Crippen LogP contribution in [0.4, 0.5) is 0 Å². The summed E-state index contributed by atoms with van der Waals surface area (Å²) in [5.74, 6) is 0.546. The Morgan fingerprint density at radius 1 is 1.19 bits per heavy atom. The number of Topliss-reactive ketones (excluding diaryl/α,β-unsaturated/α-hetero) is 1. The van der Waals surface area contributed by atoms with Crippen LogP contribution in [0.1, 0.15) is 74.6 Å². The molecule has 2 aromatic rings. The summed E-state index contributed by atoms with van der Waals surface area (Å²) in [7, 11) is 1.60. The van der Waals surface area contributed by atoms with Gasteiger partial charge in [0.25, 0.3) is 11.7 Å². The third kappa shape index (κ3) is 4.38. The number of carbonyl (C=O) groups excluding carboxylic acids is 2. The number of ether oxygens (including phenoxy) is 1. The van der Waals surface area contributed by atoms with Crippen molar-refractivity contribution < 1.29 is 23.8 Å². The van der Waals surface area contributed by atoms with Crippen LogP contribution in [0.2, 0.25) is 0 Å². The quantitative estimate of drug-likeness (QED) is 0.268. The van der Waals surface area contributed by atoms with Crippen LogP contribution in [0.5, 0.6) is 5.75 Å². The number of likely N-dealkylation sites (tertiary alicyclic amines) is 1. The average molecular weight is 426 g/mol. The Labute approximate surface area is 183 Å². The van der Waals surface area contributed by atoms with E-state index in [-0.39, 0.29) is 17.3 Å². The van der Waals surface area contributed by atoms with E-state index in [4.69, 9.17) is 9.15 Å². The molecule has 1 aliphatic heterocycles. The average Bonchev–Trinajstić information content (AvgIpc) is 3.29. The summed E-state index contributed by atoms with van der Waals surface area (Å²) in [5, 5.41) is 11.2. The largest absolute Gasteiger partial charge is 0.507 e. The van der Waals surface area contributed by atoms with Crippen LogP contribution in [-0.4, -0.2) is 35.4 Å². The van der Waals surface area contributed by atoms with Crippen LogP contribution < -0.4 is 4.74 Å². The van der Waals surface area contributed by atoms with Gasteiger partial charge in [-0.25, -0.2) is 0 Å². The summed E-state index contributed by atoms with van der Waals surface area (Å²) >= 11 is 0. The molecule has 1 aliphatic rings. The number of carbonyl (C=O) groups is 2. The highest BCUT2D eigenvalue weighted by molar-refractivity contribution is 6.46. The van der Waals surface area contributed by atoms with Crippen molar-refractivity contribution in [2.24, 2.45) is 0 Å². The molecule has 1 fully saturated rings. The highest BCUT2D eigenvalue weighted by atomic mass is 16.5. The molecule has 1 amide bonds. The van der Waals surface area contributed by atoms with Crippen molar-refractivity contribution in [1.82, 2.24) is 4.90 Å². The molecule has 2 heterocycles. The highest BCUT2D eigenvalue weighted by Gasteiger charge is 2.47. The van der Waals surface area contributed by atoms with Crippen molar-refractivity contribution in [2.75, 3.05) is 13.7 Å². The van der Waals surface area contributed by atoms with Gasteiger partial charge in [-0.3, -0.25) is 9.59 Å². The van der Waals surface area contributed by atoms with E-state index in [1.807, 2.05) is 26.8 Å². The molecule has 1 aromatic carbocycles. The molecule has 0 aliphatic carbocycles. The van der Waals surface area contributed by atoms with Crippen LogP contribution in [0.3, 0.4) is 0 Å². The molecule has 0 radical (unpaired) electrons. The monoisotopic (exact) mass is 425 g/mol. The Bertz CT molecular complexity index is 1000. The Balaban J connectivity index is 2.13. The van der Waals surface area contributed by atoms with Gasteiger partial charge >= 0.3 is 0 Å². The Morgan fingerprint density at radius 3 is 2.52 bits per heavy atom.